The SMILES string of the molecule is O=C(Nc1ccc(I)cc1)c1nnn(-c2ccc(F)cc2)c1C(F)(F)F. The van der Waals surface area contributed by atoms with Crippen molar-refractivity contribution < 1.29 is 22.4 Å². The van der Waals surface area contributed by atoms with Crippen LogP contribution in [-0.2, 0) is 6.18 Å². The predicted octanol–water partition coefficient (Wildman–Crippen LogP) is 4.28. The molecule has 26 heavy (non-hydrogen) atoms. The topological polar surface area (TPSA) is 59.8 Å². The van der Waals surface area contributed by atoms with Gasteiger partial charge in [-0.1, -0.05) is 5.21 Å². The number of aromatic nitrogens is 3. The van der Waals surface area contributed by atoms with E-state index in [0.29, 0.717) is 10.4 Å². The number of carbonyl (C=O) groups excluding carboxylic acids is 1. The molecular formula is C16H9F4IN4O. The molecule has 0 saturated heterocycles. The summed E-state index contributed by atoms with van der Waals surface area (Å²) in [6.45, 7) is 0. The number of halogens is 5. The van der Waals surface area contributed by atoms with Gasteiger partial charge in [-0.15, -0.1) is 5.10 Å². The van der Waals surface area contributed by atoms with Gasteiger partial charge in [-0.3, -0.25) is 4.79 Å². The Kier molecular flexibility index (Phi) is 4.94. The highest BCUT2D eigenvalue weighted by Gasteiger charge is 2.42. The Morgan fingerprint density at radius 2 is 1.65 bits per heavy atom. The van der Waals surface area contributed by atoms with Crippen LogP contribution < -0.4 is 5.32 Å². The first-order valence-corrected chi connectivity index (χ1v) is 8.19. The zero-order chi connectivity index (χ0) is 18.9. The number of rotatable bonds is 3. The highest BCUT2D eigenvalue weighted by Crippen LogP contribution is 2.33. The van der Waals surface area contributed by atoms with E-state index in [1.165, 1.54) is 0 Å². The maximum Gasteiger partial charge on any atom is 0.435 e. The monoisotopic (exact) mass is 476 g/mol. The van der Waals surface area contributed by atoms with Crippen molar-refractivity contribution in [3.8, 4) is 5.69 Å². The standard InChI is InChI=1S/C16H9F4IN4O/c17-9-1-7-12(8-2-9)25-14(16(18,19)20)13(23-24-25)15(26)22-11-5-3-10(21)4-6-11/h1-8H,(H,22,26). The molecule has 0 fully saturated rings. The smallest absolute Gasteiger partial charge is 0.321 e. The highest BCUT2D eigenvalue weighted by molar-refractivity contribution is 14.1. The molecule has 0 aliphatic rings. The highest BCUT2D eigenvalue weighted by atomic mass is 127. The first-order chi connectivity index (χ1) is 12.3. The molecule has 0 aliphatic carbocycles. The van der Waals surface area contributed by atoms with Gasteiger partial charge in [0.25, 0.3) is 5.91 Å². The summed E-state index contributed by atoms with van der Waals surface area (Å²) in [6.07, 6.45) is -4.89. The van der Waals surface area contributed by atoms with Crippen molar-refractivity contribution in [3.05, 3.63) is 69.3 Å². The Balaban J connectivity index is 2.00. The predicted molar refractivity (Wildman–Crippen MR) is 93.4 cm³/mol. The molecule has 0 radical (unpaired) electrons. The fourth-order valence-electron chi connectivity index (χ4n) is 2.18. The van der Waals surface area contributed by atoms with Crippen LogP contribution in [0, 0.1) is 9.39 Å². The fourth-order valence-corrected chi connectivity index (χ4v) is 2.54. The van der Waals surface area contributed by atoms with Crippen LogP contribution in [0.15, 0.2) is 48.5 Å². The molecule has 0 atom stereocenters. The van der Waals surface area contributed by atoms with Gasteiger partial charge in [0.05, 0.1) is 5.69 Å². The number of benzene rings is 2. The van der Waals surface area contributed by atoms with Gasteiger partial charge in [0.2, 0.25) is 0 Å². The Labute approximate surface area is 158 Å². The molecule has 0 saturated carbocycles. The molecule has 2 aromatic carbocycles. The van der Waals surface area contributed by atoms with Crippen molar-refractivity contribution in [2.45, 2.75) is 6.18 Å². The van der Waals surface area contributed by atoms with Gasteiger partial charge >= 0.3 is 6.18 Å². The Morgan fingerprint density at radius 3 is 2.23 bits per heavy atom. The lowest BCUT2D eigenvalue weighted by molar-refractivity contribution is -0.143. The number of nitrogens with zero attached hydrogens (tertiary/aromatic N) is 3. The first kappa shape index (κ1) is 18.3. The summed E-state index contributed by atoms with van der Waals surface area (Å²) in [7, 11) is 0. The summed E-state index contributed by atoms with van der Waals surface area (Å²) in [4.78, 5) is 12.3. The molecule has 0 bridgehead atoms. The first-order valence-electron chi connectivity index (χ1n) is 7.11. The third-order valence-electron chi connectivity index (χ3n) is 3.33. The lowest BCUT2D eigenvalue weighted by atomic mass is 10.2. The van der Waals surface area contributed by atoms with Crippen molar-refractivity contribution >= 4 is 34.2 Å². The molecule has 0 unspecified atom stereocenters. The van der Waals surface area contributed by atoms with Crippen LogP contribution in [0.4, 0.5) is 23.2 Å². The van der Waals surface area contributed by atoms with Gasteiger partial charge in [0.1, 0.15) is 5.82 Å². The van der Waals surface area contributed by atoms with E-state index in [1.807, 2.05) is 0 Å². The number of amides is 1. The van der Waals surface area contributed by atoms with Gasteiger partial charge in [-0.2, -0.15) is 13.2 Å². The summed E-state index contributed by atoms with van der Waals surface area (Å²) in [5, 5.41) is 9.16. The largest absolute Gasteiger partial charge is 0.435 e. The zero-order valence-corrected chi connectivity index (χ0v) is 14.9. The number of nitrogens with one attached hydrogen (secondary N) is 1. The Bertz CT molecular complexity index is 936. The molecule has 1 heterocycles. The van der Waals surface area contributed by atoms with Gasteiger partial charge in [0, 0.05) is 9.26 Å². The molecule has 10 heteroatoms. The van der Waals surface area contributed by atoms with Crippen LogP contribution >= 0.6 is 22.6 Å². The summed E-state index contributed by atoms with van der Waals surface area (Å²) in [5.74, 6) is -1.66. The second kappa shape index (κ2) is 7.02. The van der Waals surface area contributed by atoms with Crippen molar-refractivity contribution in [2.24, 2.45) is 0 Å². The van der Waals surface area contributed by atoms with E-state index in [4.69, 9.17) is 0 Å². The summed E-state index contributed by atoms with van der Waals surface area (Å²) in [6, 6.07) is 10.7. The van der Waals surface area contributed by atoms with Gasteiger partial charge in [-0.05, 0) is 71.1 Å². The zero-order valence-electron chi connectivity index (χ0n) is 12.8. The lowest BCUT2D eigenvalue weighted by Gasteiger charge is -2.11. The third-order valence-corrected chi connectivity index (χ3v) is 4.05. The van der Waals surface area contributed by atoms with E-state index < -0.39 is 29.3 Å². The molecule has 1 aromatic heterocycles. The molecule has 1 N–H and O–H groups in total. The van der Waals surface area contributed by atoms with Crippen molar-refractivity contribution in [1.29, 1.82) is 0 Å². The van der Waals surface area contributed by atoms with Crippen LogP contribution in [0.1, 0.15) is 16.2 Å². The normalized spacial score (nSPS) is 11.4. The molecular weight excluding hydrogens is 467 g/mol. The minimum atomic E-state index is -4.89. The second-order valence-electron chi connectivity index (χ2n) is 5.13. The van der Waals surface area contributed by atoms with E-state index in [-0.39, 0.29) is 5.69 Å². The summed E-state index contributed by atoms with van der Waals surface area (Å²) >= 11 is 2.06. The minimum absolute atomic E-state index is 0.0699. The van der Waals surface area contributed by atoms with Crippen LogP contribution in [-0.4, -0.2) is 20.9 Å². The van der Waals surface area contributed by atoms with E-state index >= 15 is 0 Å². The number of hydrogen-bond acceptors (Lipinski definition) is 3. The van der Waals surface area contributed by atoms with Gasteiger partial charge < -0.3 is 5.32 Å². The van der Waals surface area contributed by atoms with E-state index in [2.05, 4.69) is 38.2 Å². The molecule has 3 rings (SSSR count). The van der Waals surface area contributed by atoms with Crippen molar-refractivity contribution in [3.63, 3.8) is 0 Å². The number of anilines is 1. The Morgan fingerprint density at radius 1 is 1.04 bits per heavy atom. The number of alkyl halides is 3. The third kappa shape index (κ3) is 3.84. The van der Waals surface area contributed by atoms with Crippen molar-refractivity contribution in [2.75, 3.05) is 5.32 Å². The maximum atomic E-state index is 13.5. The van der Waals surface area contributed by atoms with Crippen LogP contribution in [0.2, 0.25) is 0 Å². The van der Waals surface area contributed by atoms with Crippen molar-refractivity contribution in [1.82, 2.24) is 15.0 Å². The quantitative estimate of drug-likeness (QED) is 0.454. The summed E-state index contributed by atoms with van der Waals surface area (Å²) < 4.78 is 54.9. The lowest BCUT2D eigenvalue weighted by Crippen LogP contribution is -2.21. The molecule has 0 aliphatic heterocycles. The van der Waals surface area contributed by atoms with Crippen LogP contribution in [0.3, 0.4) is 0 Å². The fraction of sp³-hybridized carbons (Fsp3) is 0.0625. The minimum Gasteiger partial charge on any atom is -0.321 e. The second-order valence-corrected chi connectivity index (χ2v) is 6.38. The van der Waals surface area contributed by atoms with Crippen LogP contribution in [0.25, 0.3) is 5.69 Å². The molecule has 1 amide bonds. The molecule has 0 spiro atoms. The number of carbonyl (C=O) groups is 1. The molecule has 3 aromatic rings. The average Bonchev–Trinajstić information content (AvgIpc) is 3.03. The van der Waals surface area contributed by atoms with E-state index in [0.717, 1.165) is 27.8 Å². The maximum absolute atomic E-state index is 13.5. The summed E-state index contributed by atoms with van der Waals surface area (Å²) in [5.41, 5.74) is -1.97. The Hall–Kier alpha value is -2.50. The average molecular weight is 476 g/mol. The van der Waals surface area contributed by atoms with Crippen LogP contribution in [0.5, 0.6) is 0 Å². The molecule has 134 valence electrons. The molecule has 5 nitrogen and oxygen atoms in total. The van der Waals surface area contributed by atoms with Gasteiger partial charge in [-0.25, -0.2) is 9.07 Å². The van der Waals surface area contributed by atoms with E-state index in [1.54, 1.807) is 24.3 Å². The van der Waals surface area contributed by atoms with E-state index in [9.17, 15) is 22.4 Å². The van der Waals surface area contributed by atoms with Gasteiger partial charge in [0.15, 0.2) is 11.4 Å². The number of hydrogen-bond donors (Lipinski definition) is 1.